The lowest BCUT2D eigenvalue weighted by Crippen LogP contribution is -2.22. The molecule has 0 bridgehead atoms. The van der Waals surface area contributed by atoms with E-state index in [2.05, 4.69) is 11.0 Å². The van der Waals surface area contributed by atoms with Gasteiger partial charge in [-0.15, -0.1) is 0 Å². The van der Waals surface area contributed by atoms with Gasteiger partial charge in [0.05, 0.1) is 0 Å². The Kier molecular flexibility index (Phi) is 6.32. The standard InChI is InChI=1S/C21H24BN3O3/c1-15-12-17(21(26)25(2)27)6-7-18(15)13-28-20-5-3-4-19(24-20)16-8-10-22(14-23)11-9-16/h3-7,12,16,27H,8-11,13H2,1-2H3. The number of nitriles is 1. The highest BCUT2D eigenvalue weighted by Gasteiger charge is 2.26. The number of rotatable bonds is 5. The Hall–Kier alpha value is -2.85. The summed E-state index contributed by atoms with van der Waals surface area (Å²) in [5, 5.41) is 18.9. The van der Waals surface area contributed by atoms with E-state index in [4.69, 9.17) is 10.00 Å². The fourth-order valence-corrected chi connectivity index (χ4v) is 3.59. The van der Waals surface area contributed by atoms with Crippen LogP contribution in [0.3, 0.4) is 0 Å². The first-order chi connectivity index (χ1) is 13.5. The Labute approximate surface area is 165 Å². The van der Waals surface area contributed by atoms with E-state index in [-0.39, 0.29) is 6.71 Å². The van der Waals surface area contributed by atoms with Crippen LogP contribution in [0.2, 0.25) is 12.6 Å². The summed E-state index contributed by atoms with van der Waals surface area (Å²) in [5.74, 6) is 2.88. The molecule has 1 aromatic carbocycles. The fourth-order valence-electron chi connectivity index (χ4n) is 3.59. The lowest BCUT2D eigenvalue weighted by atomic mass is 9.41. The number of benzene rings is 1. The summed E-state index contributed by atoms with van der Waals surface area (Å²) in [6.45, 7) is 2.44. The van der Waals surface area contributed by atoms with E-state index in [9.17, 15) is 10.0 Å². The molecule has 2 aromatic rings. The summed E-state index contributed by atoms with van der Waals surface area (Å²) in [4.78, 5) is 16.5. The van der Waals surface area contributed by atoms with Crippen LogP contribution in [0.5, 0.6) is 5.88 Å². The van der Waals surface area contributed by atoms with Crippen LogP contribution in [0.15, 0.2) is 36.4 Å². The van der Waals surface area contributed by atoms with Crippen molar-refractivity contribution >= 4 is 12.6 Å². The number of hydrogen-bond donors (Lipinski definition) is 1. The third kappa shape index (κ3) is 4.70. The maximum Gasteiger partial charge on any atom is 0.276 e. The quantitative estimate of drug-likeness (QED) is 0.486. The zero-order valence-corrected chi connectivity index (χ0v) is 16.3. The minimum absolute atomic E-state index is 0.180. The third-order valence-electron chi connectivity index (χ3n) is 5.33. The SMILES string of the molecule is Cc1cc(C(=O)N(C)O)ccc1COc1cccc(C2CCB(C#N)CC2)n1. The van der Waals surface area contributed by atoms with Crippen molar-refractivity contribution in [3.05, 3.63) is 58.8 Å². The first-order valence-corrected chi connectivity index (χ1v) is 9.53. The van der Waals surface area contributed by atoms with Gasteiger partial charge in [0.1, 0.15) is 6.61 Å². The van der Waals surface area contributed by atoms with Crippen molar-refractivity contribution in [2.45, 2.75) is 44.9 Å². The summed E-state index contributed by atoms with van der Waals surface area (Å²) in [6.07, 6.45) is 3.84. The molecule has 1 aromatic heterocycles. The molecule has 0 aliphatic carbocycles. The maximum absolute atomic E-state index is 11.8. The van der Waals surface area contributed by atoms with Gasteiger partial charge in [-0.1, -0.05) is 37.6 Å². The average Bonchev–Trinajstić information content (AvgIpc) is 2.72. The van der Waals surface area contributed by atoms with Crippen LogP contribution >= 0.6 is 0 Å². The number of pyridine rings is 1. The van der Waals surface area contributed by atoms with Gasteiger partial charge in [-0.25, -0.2) is 15.3 Å². The molecule has 28 heavy (non-hydrogen) atoms. The zero-order valence-electron chi connectivity index (χ0n) is 16.3. The van der Waals surface area contributed by atoms with Crippen LogP contribution in [0.1, 0.15) is 45.9 Å². The monoisotopic (exact) mass is 377 g/mol. The van der Waals surface area contributed by atoms with Crippen LogP contribution < -0.4 is 4.74 Å². The fraction of sp³-hybridized carbons (Fsp3) is 0.381. The topological polar surface area (TPSA) is 86.5 Å². The summed E-state index contributed by atoms with van der Waals surface area (Å²) in [5.41, 5.74) is 3.33. The molecule has 1 N–H and O–H groups in total. The van der Waals surface area contributed by atoms with Crippen molar-refractivity contribution in [1.82, 2.24) is 10.0 Å². The number of aryl methyl sites for hydroxylation is 1. The molecule has 0 spiro atoms. The van der Waals surface area contributed by atoms with Crippen LogP contribution in [0.25, 0.3) is 0 Å². The number of hydrogen-bond acceptors (Lipinski definition) is 5. The van der Waals surface area contributed by atoms with Gasteiger partial charge in [0, 0.05) is 36.3 Å². The highest BCUT2D eigenvalue weighted by molar-refractivity contribution is 6.67. The molecule has 1 fully saturated rings. The van der Waals surface area contributed by atoms with Crippen molar-refractivity contribution in [3.63, 3.8) is 0 Å². The minimum atomic E-state index is -0.448. The molecule has 7 heteroatoms. The van der Waals surface area contributed by atoms with E-state index in [1.807, 2.05) is 31.2 Å². The van der Waals surface area contributed by atoms with Gasteiger partial charge in [-0.05, 0) is 36.2 Å². The first kappa shape index (κ1) is 19.9. The lowest BCUT2D eigenvalue weighted by Gasteiger charge is -2.23. The molecule has 0 saturated carbocycles. The number of aromatic nitrogens is 1. The van der Waals surface area contributed by atoms with E-state index < -0.39 is 5.91 Å². The number of nitrogens with zero attached hydrogens (tertiary/aromatic N) is 3. The highest BCUT2D eigenvalue weighted by Crippen LogP contribution is 2.33. The molecule has 1 aliphatic rings. The van der Waals surface area contributed by atoms with Gasteiger partial charge in [0.25, 0.3) is 12.6 Å². The van der Waals surface area contributed by atoms with Crippen LogP contribution in [0, 0.1) is 18.2 Å². The predicted octanol–water partition coefficient (Wildman–Crippen LogP) is 3.87. The summed E-state index contributed by atoms with van der Waals surface area (Å²) in [7, 11) is 1.31. The number of ether oxygens (including phenoxy) is 1. The maximum atomic E-state index is 11.8. The number of amides is 1. The summed E-state index contributed by atoms with van der Waals surface area (Å²) < 4.78 is 5.89. The van der Waals surface area contributed by atoms with Crippen molar-refractivity contribution in [3.8, 4) is 11.8 Å². The molecule has 2 heterocycles. The van der Waals surface area contributed by atoms with Gasteiger partial charge in [0.15, 0.2) is 0 Å². The van der Waals surface area contributed by atoms with E-state index in [0.29, 0.717) is 29.0 Å². The Bertz CT molecular complexity index is 887. The molecule has 1 amide bonds. The molecule has 0 radical (unpaired) electrons. The average molecular weight is 377 g/mol. The second-order valence-electron chi connectivity index (χ2n) is 7.34. The number of hydroxylamine groups is 2. The lowest BCUT2D eigenvalue weighted by molar-refractivity contribution is -0.0375. The van der Waals surface area contributed by atoms with Crippen LogP contribution in [0.4, 0.5) is 0 Å². The van der Waals surface area contributed by atoms with E-state index in [1.165, 1.54) is 7.05 Å². The normalized spacial score (nSPS) is 14.4. The molecular formula is C21H24BN3O3. The Balaban J connectivity index is 1.64. The van der Waals surface area contributed by atoms with E-state index >= 15 is 0 Å². The molecule has 6 nitrogen and oxygen atoms in total. The molecule has 0 atom stereocenters. The van der Waals surface area contributed by atoms with Crippen molar-refractivity contribution < 1.29 is 14.7 Å². The van der Waals surface area contributed by atoms with E-state index in [0.717, 1.165) is 42.3 Å². The van der Waals surface area contributed by atoms with Crippen molar-refractivity contribution in [1.29, 1.82) is 5.26 Å². The minimum Gasteiger partial charge on any atom is -0.473 e. The highest BCUT2D eigenvalue weighted by atomic mass is 16.5. The van der Waals surface area contributed by atoms with Gasteiger partial charge < -0.3 is 4.74 Å². The van der Waals surface area contributed by atoms with Crippen LogP contribution in [-0.4, -0.2) is 34.9 Å². The Morgan fingerprint density at radius 1 is 1.36 bits per heavy atom. The number of carbonyl (C=O) groups excluding carboxylic acids is 1. The molecule has 0 unspecified atom stereocenters. The van der Waals surface area contributed by atoms with Crippen LogP contribution in [-0.2, 0) is 6.61 Å². The third-order valence-corrected chi connectivity index (χ3v) is 5.33. The first-order valence-electron chi connectivity index (χ1n) is 9.53. The molecule has 144 valence electrons. The molecule has 3 rings (SSSR count). The second kappa shape index (κ2) is 8.90. The number of carbonyl (C=O) groups is 1. The van der Waals surface area contributed by atoms with Gasteiger partial charge in [-0.3, -0.25) is 10.0 Å². The van der Waals surface area contributed by atoms with Gasteiger partial charge in [-0.2, -0.15) is 0 Å². The molecule has 1 aliphatic heterocycles. The molecule has 1 saturated heterocycles. The summed E-state index contributed by atoms with van der Waals surface area (Å²) >= 11 is 0. The Morgan fingerprint density at radius 2 is 2.11 bits per heavy atom. The Morgan fingerprint density at radius 3 is 2.75 bits per heavy atom. The van der Waals surface area contributed by atoms with Gasteiger partial charge >= 0.3 is 0 Å². The predicted molar refractivity (Wildman–Crippen MR) is 107 cm³/mol. The van der Waals surface area contributed by atoms with Gasteiger partial charge in [0.2, 0.25) is 5.88 Å². The smallest absolute Gasteiger partial charge is 0.276 e. The molecular weight excluding hydrogens is 353 g/mol. The second-order valence-corrected chi connectivity index (χ2v) is 7.34. The van der Waals surface area contributed by atoms with Crippen molar-refractivity contribution in [2.75, 3.05) is 7.05 Å². The van der Waals surface area contributed by atoms with E-state index in [1.54, 1.807) is 12.1 Å². The zero-order chi connectivity index (χ0) is 20.1. The largest absolute Gasteiger partial charge is 0.473 e. The van der Waals surface area contributed by atoms with Crippen molar-refractivity contribution in [2.24, 2.45) is 0 Å². The summed E-state index contributed by atoms with van der Waals surface area (Å²) in [6, 6.07) is 11.1.